The molecule has 5 heteroatoms. The molecule has 104 valence electrons. The van der Waals surface area contributed by atoms with Crippen molar-refractivity contribution in [3.63, 3.8) is 0 Å². The highest BCUT2D eigenvalue weighted by Crippen LogP contribution is 2.29. The van der Waals surface area contributed by atoms with Crippen LogP contribution < -0.4 is 5.32 Å². The molecule has 0 radical (unpaired) electrons. The standard InChI is InChI=1S/C13H24N2O3/c1-4-7-15(8-10-5-6-10)12(18)14-9-13(2,3)11(16)17/h10H,4-9H2,1-3H3,(H,14,18)(H,16,17). The third-order valence-corrected chi connectivity index (χ3v) is 3.22. The lowest BCUT2D eigenvalue weighted by Gasteiger charge is -2.25. The van der Waals surface area contributed by atoms with Gasteiger partial charge in [0, 0.05) is 19.6 Å². The second-order valence-corrected chi connectivity index (χ2v) is 5.74. The number of hydrogen-bond acceptors (Lipinski definition) is 2. The number of rotatable bonds is 7. The minimum absolute atomic E-state index is 0.141. The molecule has 2 amide bonds. The fourth-order valence-corrected chi connectivity index (χ4v) is 1.64. The molecule has 0 aromatic rings. The number of carboxylic acid groups (broad SMARTS) is 1. The lowest BCUT2D eigenvalue weighted by Crippen LogP contribution is -2.46. The maximum Gasteiger partial charge on any atom is 0.317 e. The van der Waals surface area contributed by atoms with Crippen molar-refractivity contribution in [3.05, 3.63) is 0 Å². The van der Waals surface area contributed by atoms with Crippen molar-refractivity contribution in [2.24, 2.45) is 11.3 Å². The topological polar surface area (TPSA) is 69.6 Å². The molecular weight excluding hydrogens is 232 g/mol. The predicted molar refractivity (Wildman–Crippen MR) is 69.4 cm³/mol. The summed E-state index contributed by atoms with van der Waals surface area (Å²) in [7, 11) is 0. The summed E-state index contributed by atoms with van der Waals surface area (Å²) in [6, 6.07) is -0.141. The first-order valence-electron chi connectivity index (χ1n) is 6.63. The zero-order valence-electron chi connectivity index (χ0n) is 11.5. The number of amides is 2. The fraction of sp³-hybridized carbons (Fsp3) is 0.846. The Bertz CT molecular complexity index is 311. The molecule has 5 nitrogen and oxygen atoms in total. The highest BCUT2D eigenvalue weighted by atomic mass is 16.4. The van der Waals surface area contributed by atoms with E-state index in [-0.39, 0.29) is 12.6 Å². The molecule has 0 atom stereocenters. The van der Waals surface area contributed by atoms with Gasteiger partial charge in [-0.05, 0) is 39.0 Å². The lowest BCUT2D eigenvalue weighted by molar-refractivity contribution is -0.146. The van der Waals surface area contributed by atoms with E-state index in [0.717, 1.165) is 19.5 Å². The number of aliphatic carboxylic acids is 1. The smallest absolute Gasteiger partial charge is 0.317 e. The van der Waals surface area contributed by atoms with Gasteiger partial charge in [-0.15, -0.1) is 0 Å². The average Bonchev–Trinajstić information content (AvgIpc) is 3.09. The summed E-state index contributed by atoms with van der Waals surface area (Å²) in [5.74, 6) is -0.248. The summed E-state index contributed by atoms with van der Waals surface area (Å²) in [6.45, 7) is 6.95. The van der Waals surface area contributed by atoms with E-state index >= 15 is 0 Å². The van der Waals surface area contributed by atoms with Crippen LogP contribution in [-0.4, -0.2) is 41.6 Å². The van der Waals surface area contributed by atoms with Gasteiger partial charge in [0.25, 0.3) is 0 Å². The van der Waals surface area contributed by atoms with Crippen LogP contribution in [0.2, 0.25) is 0 Å². The Morgan fingerprint density at radius 1 is 1.39 bits per heavy atom. The molecule has 1 aliphatic rings. The van der Waals surface area contributed by atoms with Crippen molar-refractivity contribution in [2.75, 3.05) is 19.6 Å². The van der Waals surface area contributed by atoms with Crippen molar-refractivity contribution in [1.29, 1.82) is 0 Å². The SMILES string of the molecule is CCCN(CC1CC1)C(=O)NCC(C)(C)C(=O)O. The number of hydrogen-bond donors (Lipinski definition) is 2. The van der Waals surface area contributed by atoms with Crippen molar-refractivity contribution in [2.45, 2.75) is 40.0 Å². The van der Waals surface area contributed by atoms with Crippen LogP contribution in [0.15, 0.2) is 0 Å². The van der Waals surface area contributed by atoms with Gasteiger partial charge in [0.2, 0.25) is 0 Å². The number of urea groups is 1. The summed E-state index contributed by atoms with van der Waals surface area (Å²) >= 11 is 0. The van der Waals surface area contributed by atoms with Gasteiger partial charge < -0.3 is 15.3 Å². The first kappa shape index (κ1) is 14.8. The molecule has 1 fully saturated rings. The molecule has 0 aromatic carbocycles. The minimum atomic E-state index is -0.923. The summed E-state index contributed by atoms with van der Waals surface area (Å²) in [6.07, 6.45) is 3.32. The first-order valence-corrected chi connectivity index (χ1v) is 6.63. The number of carboxylic acids is 1. The second kappa shape index (κ2) is 6.07. The highest BCUT2D eigenvalue weighted by Gasteiger charge is 2.30. The first-order chi connectivity index (χ1) is 8.36. The van der Waals surface area contributed by atoms with E-state index in [0.29, 0.717) is 5.92 Å². The normalized spacial score (nSPS) is 15.3. The van der Waals surface area contributed by atoms with Gasteiger partial charge in [-0.2, -0.15) is 0 Å². The van der Waals surface area contributed by atoms with Crippen molar-refractivity contribution in [1.82, 2.24) is 10.2 Å². The van der Waals surface area contributed by atoms with Gasteiger partial charge in [0.1, 0.15) is 0 Å². The molecule has 0 unspecified atom stereocenters. The van der Waals surface area contributed by atoms with E-state index in [4.69, 9.17) is 5.11 Å². The number of carbonyl (C=O) groups is 2. The molecule has 0 aromatic heterocycles. The van der Waals surface area contributed by atoms with Gasteiger partial charge in [0.15, 0.2) is 0 Å². The molecule has 1 saturated carbocycles. The van der Waals surface area contributed by atoms with Crippen LogP contribution in [0.25, 0.3) is 0 Å². The quantitative estimate of drug-likeness (QED) is 0.731. The summed E-state index contributed by atoms with van der Waals surface area (Å²) in [5, 5.41) is 11.7. The van der Waals surface area contributed by atoms with Crippen molar-refractivity contribution < 1.29 is 14.7 Å². The van der Waals surface area contributed by atoms with E-state index in [9.17, 15) is 9.59 Å². The molecule has 0 aliphatic heterocycles. The molecule has 0 spiro atoms. The van der Waals surface area contributed by atoms with E-state index in [1.165, 1.54) is 12.8 Å². The molecule has 0 bridgehead atoms. The van der Waals surface area contributed by atoms with E-state index < -0.39 is 11.4 Å². The molecule has 2 N–H and O–H groups in total. The van der Waals surface area contributed by atoms with Gasteiger partial charge >= 0.3 is 12.0 Å². The highest BCUT2D eigenvalue weighted by molar-refractivity contribution is 5.77. The zero-order valence-corrected chi connectivity index (χ0v) is 11.5. The van der Waals surface area contributed by atoms with Crippen LogP contribution >= 0.6 is 0 Å². The van der Waals surface area contributed by atoms with Gasteiger partial charge in [-0.3, -0.25) is 4.79 Å². The third kappa shape index (κ3) is 4.55. The van der Waals surface area contributed by atoms with Crippen LogP contribution in [-0.2, 0) is 4.79 Å². The molecule has 1 aliphatic carbocycles. The Morgan fingerprint density at radius 2 is 2.00 bits per heavy atom. The minimum Gasteiger partial charge on any atom is -0.481 e. The summed E-state index contributed by atoms with van der Waals surface area (Å²) < 4.78 is 0. The van der Waals surface area contributed by atoms with Crippen LogP contribution in [0, 0.1) is 11.3 Å². The van der Waals surface area contributed by atoms with Crippen LogP contribution in [0.1, 0.15) is 40.0 Å². The Balaban J connectivity index is 2.42. The molecule has 0 heterocycles. The van der Waals surface area contributed by atoms with E-state index in [1.807, 2.05) is 6.92 Å². The third-order valence-electron chi connectivity index (χ3n) is 3.22. The Kier molecular flexibility index (Phi) is 4.99. The number of nitrogens with one attached hydrogen (secondary N) is 1. The summed E-state index contributed by atoms with van der Waals surface area (Å²) in [4.78, 5) is 24.7. The van der Waals surface area contributed by atoms with E-state index in [1.54, 1.807) is 18.7 Å². The number of carbonyl (C=O) groups excluding carboxylic acids is 1. The van der Waals surface area contributed by atoms with Crippen LogP contribution in [0.3, 0.4) is 0 Å². The summed E-state index contributed by atoms with van der Waals surface area (Å²) in [5.41, 5.74) is -0.923. The molecule has 1 rings (SSSR count). The number of nitrogens with zero attached hydrogens (tertiary/aromatic N) is 1. The van der Waals surface area contributed by atoms with E-state index in [2.05, 4.69) is 5.32 Å². The molecular formula is C13H24N2O3. The molecule has 18 heavy (non-hydrogen) atoms. The lowest BCUT2D eigenvalue weighted by atomic mass is 9.94. The maximum absolute atomic E-state index is 12.0. The fourth-order valence-electron chi connectivity index (χ4n) is 1.64. The van der Waals surface area contributed by atoms with Gasteiger partial charge in [-0.25, -0.2) is 4.79 Å². The Morgan fingerprint density at radius 3 is 2.44 bits per heavy atom. The molecule has 0 saturated heterocycles. The largest absolute Gasteiger partial charge is 0.481 e. The monoisotopic (exact) mass is 256 g/mol. The van der Waals surface area contributed by atoms with Crippen LogP contribution in [0.5, 0.6) is 0 Å². The maximum atomic E-state index is 12.0. The zero-order chi connectivity index (χ0) is 13.8. The average molecular weight is 256 g/mol. The van der Waals surface area contributed by atoms with Crippen molar-refractivity contribution >= 4 is 12.0 Å². The van der Waals surface area contributed by atoms with Gasteiger partial charge in [-0.1, -0.05) is 6.92 Å². The van der Waals surface area contributed by atoms with Crippen LogP contribution in [0.4, 0.5) is 4.79 Å². The van der Waals surface area contributed by atoms with Gasteiger partial charge in [0.05, 0.1) is 5.41 Å². The second-order valence-electron chi connectivity index (χ2n) is 5.74. The van der Waals surface area contributed by atoms with Crippen molar-refractivity contribution in [3.8, 4) is 0 Å². The predicted octanol–water partition coefficient (Wildman–Crippen LogP) is 1.93. The Labute approximate surface area is 109 Å². The Hall–Kier alpha value is -1.26.